The Morgan fingerprint density at radius 2 is 1.64 bits per heavy atom. The largest absolute Gasteiger partial charge is 0.436 e. The standard InChI is InChI=1S/C35H46N8O4/c1-25-22-26(23-30-6-12-37-43(25)30)24-32(33(44)40-15-8-28(9-16-40)39-20-13-36-14-21-39)47-35(46)41-17-10-29(11-18-41)42-19-7-27-4-2-3-5-31(27)38-34(42)45/h2-6,12,22-23,28-29,32,36H,7-11,13-21,24H2,1H3,(H,38,45)/t32-/m1/s1. The molecule has 12 nitrogen and oxygen atoms in total. The molecule has 3 fully saturated rings. The van der Waals surface area contributed by atoms with E-state index in [9.17, 15) is 14.4 Å². The van der Waals surface area contributed by atoms with Crippen molar-refractivity contribution in [2.45, 2.75) is 63.6 Å². The summed E-state index contributed by atoms with van der Waals surface area (Å²) in [6, 6.07) is 14.3. The Morgan fingerprint density at radius 1 is 0.915 bits per heavy atom. The van der Waals surface area contributed by atoms with Gasteiger partial charge < -0.3 is 30.1 Å². The number of aromatic nitrogens is 2. The summed E-state index contributed by atoms with van der Waals surface area (Å²) in [6.45, 7) is 9.00. The van der Waals surface area contributed by atoms with Crippen molar-refractivity contribution in [3.8, 4) is 0 Å². The Labute approximate surface area is 276 Å². The molecule has 0 unspecified atom stereocenters. The molecule has 1 aromatic carbocycles. The molecule has 12 heteroatoms. The van der Waals surface area contributed by atoms with E-state index in [0.717, 1.165) is 73.5 Å². The van der Waals surface area contributed by atoms with Gasteiger partial charge in [-0.25, -0.2) is 14.1 Å². The number of hydrogen-bond acceptors (Lipinski definition) is 7. The van der Waals surface area contributed by atoms with Gasteiger partial charge in [-0.3, -0.25) is 9.69 Å². The highest BCUT2D eigenvalue weighted by Gasteiger charge is 2.36. The van der Waals surface area contributed by atoms with E-state index < -0.39 is 12.2 Å². The van der Waals surface area contributed by atoms with Crippen LogP contribution in [-0.2, 0) is 22.4 Å². The molecule has 4 aliphatic heterocycles. The molecule has 0 aliphatic carbocycles. The van der Waals surface area contributed by atoms with E-state index in [-0.39, 0.29) is 18.0 Å². The minimum absolute atomic E-state index is 0.0353. The van der Waals surface area contributed by atoms with Gasteiger partial charge in [-0.1, -0.05) is 18.2 Å². The number of amides is 4. The van der Waals surface area contributed by atoms with Crippen LogP contribution in [-0.4, -0.2) is 124 Å². The van der Waals surface area contributed by atoms with Crippen molar-refractivity contribution in [2.24, 2.45) is 0 Å². The molecule has 6 heterocycles. The van der Waals surface area contributed by atoms with Crippen LogP contribution in [0.3, 0.4) is 0 Å². The molecule has 1 atom stereocenters. The second-order valence-electron chi connectivity index (χ2n) is 13.3. The van der Waals surface area contributed by atoms with Gasteiger partial charge in [0.2, 0.25) is 0 Å². The van der Waals surface area contributed by atoms with E-state index in [1.54, 1.807) is 11.1 Å². The molecular weight excluding hydrogens is 596 g/mol. The third-order valence-corrected chi connectivity index (χ3v) is 10.4. The van der Waals surface area contributed by atoms with E-state index in [1.165, 1.54) is 0 Å². The lowest BCUT2D eigenvalue weighted by molar-refractivity contribution is -0.142. The van der Waals surface area contributed by atoms with E-state index >= 15 is 0 Å². The molecule has 0 saturated carbocycles. The number of rotatable bonds is 6. The lowest BCUT2D eigenvalue weighted by atomic mass is 10.0. The van der Waals surface area contributed by atoms with Crippen molar-refractivity contribution >= 4 is 29.2 Å². The Hall–Kier alpha value is -4.16. The smallest absolute Gasteiger partial charge is 0.410 e. The van der Waals surface area contributed by atoms with Crippen molar-refractivity contribution in [1.29, 1.82) is 0 Å². The number of carbonyl (C=O) groups excluding carboxylic acids is 3. The lowest BCUT2D eigenvalue weighted by Gasteiger charge is -2.41. The highest BCUT2D eigenvalue weighted by molar-refractivity contribution is 5.91. The first kappa shape index (κ1) is 31.4. The number of anilines is 1. The fourth-order valence-corrected chi connectivity index (χ4v) is 7.79. The van der Waals surface area contributed by atoms with E-state index in [0.29, 0.717) is 58.0 Å². The summed E-state index contributed by atoms with van der Waals surface area (Å²) in [7, 11) is 0. The molecule has 3 saturated heterocycles. The van der Waals surface area contributed by atoms with Gasteiger partial charge in [-0.2, -0.15) is 5.10 Å². The van der Waals surface area contributed by atoms with Crippen molar-refractivity contribution in [2.75, 3.05) is 64.2 Å². The van der Waals surface area contributed by atoms with Crippen LogP contribution in [0.25, 0.3) is 5.52 Å². The molecule has 0 bridgehead atoms. The van der Waals surface area contributed by atoms with Gasteiger partial charge in [0.25, 0.3) is 5.91 Å². The first-order chi connectivity index (χ1) is 22.9. The summed E-state index contributed by atoms with van der Waals surface area (Å²) in [6.07, 6.45) is 4.64. The fraction of sp³-hybridized carbons (Fsp3) is 0.543. The molecule has 4 amide bonds. The van der Waals surface area contributed by atoms with Crippen LogP contribution < -0.4 is 10.6 Å². The van der Waals surface area contributed by atoms with Gasteiger partial charge in [0.15, 0.2) is 6.10 Å². The van der Waals surface area contributed by atoms with Crippen molar-refractivity contribution in [1.82, 2.24) is 34.5 Å². The van der Waals surface area contributed by atoms with Crippen molar-refractivity contribution in [3.05, 3.63) is 65.5 Å². The van der Waals surface area contributed by atoms with Crippen LogP contribution in [0.2, 0.25) is 0 Å². The summed E-state index contributed by atoms with van der Waals surface area (Å²) in [4.78, 5) is 48.8. The number of aryl methyl sites for hydroxylation is 1. The summed E-state index contributed by atoms with van der Waals surface area (Å²) < 4.78 is 7.97. The number of piperazine rings is 1. The Bertz CT molecular complexity index is 1590. The fourth-order valence-electron chi connectivity index (χ4n) is 7.79. The number of fused-ring (bicyclic) bond motifs is 2. The molecule has 0 spiro atoms. The Morgan fingerprint density at radius 3 is 2.43 bits per heavy atom. The minimum atomic E-state index is -0.921. The molecule has 47 heavy (non-hydrogen) atoms. The number of ether oxygens (including phenoxy) is 1. The third kappa shape index (κ3) is 6.94. The van der Waals surface area contributed by atoms with Crippen LogP contribution in [0.5, 0.6) is 0 Å². The second kappa shape index (κ2) is 13.9. The van der Waals surface area contributed by atoms with Gasteiger partial charge in [-0.15, -0.1) is 0 Å². The summed E-state index contributed by atoms with van der Waals surface area (Å²) in [5.74, 6) is -0.126. The van der Waals surface area contributed by atoms with Gasteiger partial charge in [0.1, 0.15) is 0 Å². The quantitative estimate of drug-likeness (QED) is 0.425. The average molecular weight is 643 g/mol. The highest BCUT2D eigenvalue weighted by atomic mass is 16.6. The molecule has 2 aromatic heterocycles. The summed E-state index contributed by atoms with van der Waals surface area (Å²) >= 11 is 0. The van der Waals surface area contributed by atoms with E-state index in [2.05, 4.69) is 26.7 Å². The molecule has 7 rings (SSSR count). The maximum atomic E-state index is 14.1. The number of benzene rings is 1. The average Bonchev–Trinajstić information content (AvgIpc) is 3.52. The zero-order chi connectivity index (χ0) is 32.3. The van der Waals surface area contributed by atoms with Crippen molar-refractivity contribution in [3.63, 3.8) is 0 Å². The van der Waals surface area contributed by atoms with Gasteiger partial charge >= 0.3 is 12.1 Å². The first-order valence-corrected chi connectivity index (χ1v) is 17.2. The van der Waals surface area contributed by atoms with Crippen LogP contribution in [0.15, 0.2) is 48.7 Å². The maximum absolute atomic E-state index is 14.1. The van der Waals surface area contributed by atoms with E-state index in [1.807, 2.05) is 57.6 Å². The Kier molecular flexibility index (Phi) is 9.30. The van der Waals surface area contributed by atoms with Gasteiger partial charge in [-0.05, 0) is 74.4 Å². The molecular formula is C35H46N8O4. The number of nitrogens with one attached hydrogen (secondary N) is 2. The third-order valence-electron chi connectivity index (χ3n) is 10.4. The summed E-state index contributed by atoms with van der Waals surface area (Å²) in [5.41, 5.74) is 4.84. The number of hydrogen-bond donors (Lipinski definition) is 2. The topological polar surface area (TPSA) is 115 Å². The predicted octanol–water partition coefficient (Wildman–Crippen LogP) is 3.14. The first-order valence-electron chi connectivity index (χ1n) is 17.2. The normalized spacial score (nSPS) is 20.9. The van der Waals surface area contributed by atoms with Gasteiger partial charge in [0, 0.05) is 95.0 Å². The molecule has 4 aliphatic rings. The summed E-state index contributed by atoms with van der Waals surface area (Å²) in [5, 5.41) is 10.9. The SMILES string of the molecule is Cc1cc(C[C@@H](OC(=O)N2CCC(N3CCc4ccccc4NC3=O)CC2)C(=O)N2CCC(N3CCNCC3)CC2)cc2ccnn12. The van der Waals surface area contributed by atoms with Crippen LogP contribution in [0, 0.1) is 6.92 Å². The lowest BCUT2D eigenvalue weighted by Crippen LogP contribution is -2.54. The molecule has 0 radical (unpaired) electrons. The van der Waals surface area contributed by atoms with Crippen molar-refractivity contribution < 1.29 is 19.1 Å². The molecule has 250 valence electrons. The number of nitrogens with zero attached hydrogens (tertiary/aromatic N) is 6. The van der Waals surface area contributed by atoms with Crippen LogP contribution >= 0.6 is 0 Å². The number of likely N-dealkylation sites (tertiary alicyclic amines) is 2. The zero-order valence-corrected chi connectivity index (χ0v) is 27.3. The van der Waals surface area contributed by atoms with Crippen LogP contribution in [0.4, 0.5) is 15.3 Å². The number of piperidine rings is 2. The maximum Gasteiger partial charge on any atom is 0.410 e. The molecule has 3 aromatic rings. The predicted molar refractivity (Wildman–Crippen MR) is 178 cm³/mol. The number of urea groups is 1. The number of pyridine rings is 1. The number of para-hydroxylation sites is 1. The highest BCUT2D eigenvalue weighted by Crippen LogP contribution is 2.26. The monoisotopic (exact) mass is 642 g/mol. The van der Waals surface area contributed by atoms with E-state index in [4.69, 9.17) is 4.74 Å². The zero-order valence-electron chi connectivity index (χ0n) is 27.3. The Balaban J connectivity index is 1.00. The minimum Gasteiger partial charge on any atom is -0.436 e. The van der Waals surface area contributed by atoms with Gasteiger partial charge in [0.05, 0.1) is 5.52 Å². The number of carbonyl (C=O) groups is 3. The second-order valence-corrected chi connectivity index (χ2v) is 13.3. The molecule has 2 N–H and O–H groups in total. The van der Waals surface area contributed by atoms with Crippen LogP contribution in [0.1, 0.15) is 42.5 Å².